The molecule has 3 heteroatoms. The molecule has 0 fully saturated rings. The number of rotatable bonds is 1. The van der Waals surface area contributed by atoms with Crippen molar-refractivity contribution in [3.63, 3.8) is 0 Å². The molecule has 0 atom stereocenters. The molecule has 1 aliphatic heterocycles. The van der Waals surface area contributed by atoms with Crippen molar-refractivity contribution in [3.8, 4) is 0 Å². The van der Waals surface area contributed by atoms with Crippen molar-refractivity contribution in [2.24, 2.45) is 0 Å². The van der Waals surface area contributed by atoms with Crippen LogP contribution in [0, 0.1) is 5.82 Å². The van der Waals surface area contributed by atoms with Crippen molar-refractivity contribution < 1.29 is 4.39 Å². The van der Waals surface area contributed by atoms with E-state index in [0.717, 1.165) is 31.0 Å². The maximum absolute atomic E-state index is 12.9. The lowest BCUT2D eigenvalue weighted by Gasteiger charge is -2.30. The van der Waals surface area contributed by atoms with Crippen molar-refractivity contribution in [2.45, 2.75) is 6.92 Å². The van der Waals surface area contributed by atoms with Crippen LogP contribution in [0.3, 0.4) is 0 Å². The summed E-state index contributed by atoms with van der Waals surface area (Å²) in [5, 5.41) is 3.25. The molecule has 0 amide bonds. The molecule has 1 aliphatic rings. The normalized spacial score (nSPS) is 15.1. The van der Waals surface area contributed by atoms with Crippen LogP contribution in [0.1, 0.15) is 6.92 Å². The summed E-state index contributed by atoms with van der Waals surface area (Å²) in [7, 11) is 0. The fraction of sp³-hybridized carbons (Fsp3) is 0.400. The zero-order valence-electron chi connectivity index (χ0n) is 7.68. The summed E-state index contributed by atoms with van der Waals surface area (Å²) in [6, 6.07) is 4.88. The van der Waals surface area contributed by atoms with Crippen molar-refractivity contribution >= 4 is 11.4 Å². The smallest absolute Gasteiger partial charge is 0.125 e. The van der Waals surface area contributed by atoms with Crippen LogP contribution >= 0.6 is 0 Å². The Balaban J connectivity index is 2.41. The molecular formula is C10H13FN2. The second-order valence-electron chi connectivity index (χ2n) is 3.17. The SMILES string of the molecule is CCN1CCNc2ccc(F)cc21. The van der Waals surface area contributed by atoms with E-state index < -0.39 is 0 Å². The van der Waals surface area contributed by atoms with Gasteiger partial charge >= 0.3 is 0 Å². The number of nitrogens with one attached hydrogen (secondary N) is 1. The Hall–Kier alpha value is -1.25. The molecule has 0 aromatic heterocycles. The first-order valence-electron chi connectivity index (χ1n) is 4.59. The number of likely N-dealkylation sites (N-methyl/N-ethyl adjacent to an activating group) is 1. The molecule has 2 rings (SSSR count). The lowest BCUT2D eigenvalue weighted by molar-refractivity contribution is 0.626. The molecule has 0 unspecified atom stereocenters. The van der Waals surface area contributed by atoms with Crippen LogP contribution in [0.2, 0.25) is 0 Å². The molecule has 0 aliphatic carbocycles. The van der Waals surface area contributed by atoms with Gasteiger partial charge in [-0.25, -0.2) is 4.39 Å². The third-order valence-corrected chi connectivity index (χ3v) is 2.38. The Labute approximate surface area is 77.4 Å². The first kappa shape index (κ1) is 8.35. The van der Waals surface area contributed by atoms with Gasteiger partial charge in [-0.3, -0.25) is 0 Å². The number of hydrogen-bond acceptors (Lipinski definition) is 2. The second-order valence-corrected chi connectivity index (χ2v) is 3.17. The van der Waals surface area contributed by atoms with Crippen molar-refractivity contribution in [1.82, 2.24) is 0 Å². The van der Waals surface area contributed by atoms with E-state index in [0.29, 0.717) is 0 Å². The second kappa shape index (κ2) is 3.24. The summed E-state index contributed by atoms with van der Waals surface area (Å²) in [5.41, 5.74) is 2.02. The van der Waals surface area contributed by atoms with Crippen LogP contribution in [-0.4, -0.2) is 19.6 Å². The van der Waals surface area contributed by atoms with Gasteiger partial charge in [0.15, 0.2) is 0 Å². The summed E-state index contributed by atoms with van der Waals surface area (Å²) in [4.78, 5) is 2.18. The minimum atomic E-state index is -0.166. The Morgan fingerprint density at radius 3 is 3.15 bits per heavy atom. The lowest BCUT2D eigenvalue weighted by Crippen LogP contribution is -2.33. The van der Waals surface area contributed by atoms with Gasteiger partial charge in [-0.1, -0.05) is 0 Å². The van der Waals surface area contributed by atoms with Crippen molar-refractivity contribution in [3.05, 3.63) is 24.0 Å². The summed E-state index contributed by atoms with van der Waals surface area (Å²) >= 11 is 0. The maximum Gasteiger partial charge on any atom is 0.125 e. The highest BCUT2D eigenvalue weighted by atomic mass is 19.1. The molecule has 1 aromatic carbocycles. The van der Waals surface area contributed by atoms with Gasteiger partial charge in [-0.15, -0.1) is 0 Å². The fourth-order valence-electron chi connectivity index (χ4n) is 1.69. The summed E-state index contributed by atoms with van der Waals surface area (Å²) < 4.78 is 12.9. The van der Waals surface area contributed by atoms with Crippen LogP contribution in [0.15, 0.2) is 18.2 Å². The van der Waals surface area contributed by atoms with Crippen molar-refractivity contribution in [1.29, 1.82) is 0 Å². The average molecular weight is 180 g/mol. The summed E-state index contributed by atoms with van der Waals surface area (Å²) in [6.07, 6.45) is 0. The predicted molar refractivity (Wildman–Crippen MR) is 52.8 cm³/mol. The molecule has 70 valence electrons. The molecular weight excluding hydrogens is 167 g/mol. The van der Waals surface area contributed by atoms with Crippen LogP contribution < -0.4 is 10.2 Å². The molecule has 0 bridgehead atoms. The number of halogens is 1. The van der Waals surface area contributed by atoms with Crippen LogP contribution in [0.4, 0.5) is 15.8 Å². The zero-order valence-corrected chi connectivity index (χ0v) is 7.68. The standard InChI is InChI=1S/C10H13FN2/c1-2-13-6-5-12-9-4-3-8(11)7-10(9)13/h3-4,7,12H,2,5-6H2,1H3. The van der Waals surface area contributed by atoms with Gasteiger partial charge in [-0.2, -0.15) is 0 Å². The number of benzene rings is 1. The van der Waals surface area contributed by atoms with E-state index in [4.69, 9.17) is 0 Å². The van der Waals surface area contributed by atoms with E-state index in [9.17, 15) is 4.39 Å². The predicted octanol–water partition coefficient (Wildman–Crippen LogP) is 2.08. The fourth-order valence-corrected chi connectivity index (χ4v) is 1.69. The highest BCUT2D eigenvalue weighted by Crippen LogP contribution is 2.29. The van der Waals surface area contributed by atoms with Gasteiger partial charge in [0.25, 0.3) is 0 Å². The molecule has 0 spiro atoms. The Morgan fingerprint density at radius 2 is 2.38 bits per heavy atom. The first-order chi connectivity index (χ1) is 6.31. The average Bonchev–Trinajstić information content (AvgIpc) is 2.17. The third kappa shape index (κ3) is 1.46. The zero-order chi connectivity index (χ0) is 9.26. The summed E-state index contributed by atoms with van der Waals surface area (Å²) in [6.45, 7) is 4.90. The number of anilines is 2. The maximum atomic E-state index is 12.9. The van der Waals surface area contributed by atoms with Gasteiger partial charge in [0.2, 0.25) is 0 Å². The number of nitrogens with zero attached hydrogens (tertiary/aromatic N) is 1. The first-order valence-corrected chi connectivity index (χ1v) is 4.59. The third-order valence-electron chi connectivity index (χ3n) is 2.38. The Morgan fingerprint density at radius 1 is 1.54 bits per heavy atom. The minimum absolute atomic E-state index is 0.166. The molecule has 0 saturated carbocycles. The van der Waals surface area contributed by atoms with Crippen LogP contribution in [0.5, 0.6) is 0 Å². The molecule has 0 radical (unpaired) electrons. The van der Waals surface area contributed by atoms with E-state index in [1.807, 2.05) is 0 Å². The topological polar surface area (TPSA) is 15.3 Å². The lowest BCUT2D eigenvalue weighted by atomic mass is 10.2. The van der Waals surface area contributed by atoms with Gasteiger partial charge < -0.3 is 10.2 Å². The monoisotopic (exact) mass is 180 g/mol. The number of hydrogen-bond donors (Lipinski definition) is 1. The van der Waals surface area contributed by atoms with E-state index >= 15 is 0 Å². The van der Waals surface area contributed by atoms with Crippen molar-refractivity contribution in [2.75, 3.05) is 29.9 Å². The van der Waals surface area contributed by atoms with E-state index in [1.54, 1.807) is 12.1 Å². The van der Waals surface area contributed by atoms with Gasteiger partial charge in [0.1, 0.15) is 5.82 Å². The van der Waals surface area contributed by atoms with Crippen LogP contribution in [0.25, 0.3) is 0 Å². The Bertz CT molecular complexity index is 312. The van der Waals surface area contributed by atoms with Gasteiger partial charge in [-0.05, 0) is 25.1 Å². The van der Waals surface area contributed by atoms with Gasteiger partial charge in [0.05, 0.1) is 11.4 Å². The molecule has 1 aromatic rings. The van der Waals surface area contributed by atoms with E-state index in [-0.39, 0.29) is 5.82 Å². The van der Waals surface area contributed by atoms with E-state index in [2.05, 4.69) is 17.1 Å². The summed E-state index contributed by atoms with van der Waals surface area (Å²) in [5.74, 6) is -0.166. The highest BCUT2D eigenvalue weighted by molar-refractivity contribution is 5.72. The van der Waals surface area contributed by atoms with Crippen LogP contribution in [-0.2, 0) is 0 Å². The largest absolute Gasteiger partial charge is 0.382 e. The van der Waals surface area contributed by atoms with Gasteiger partial charge in [0, 0.05) is 19.6 Å². The quantitative estimate of drug-likeness (QED) is 0.711. The minimum Gasteiger partial charge on any atom is -0.382 e. The number of fused-ring (bicyclic) bond motifs is 1. The molecule has 0 saturated heterocycles. The molecule has 1 N–H and O–H groups in total. The highest BCUT2D eigenvalue weighted by Gasteiger charge is 2.14. The Kier molecular flexibility index (Phi) is 2.08. The van der Waals surface area contributed by atoms with E-state index in [1.165, 1.54) is 6.07 Å². The molecule has 13 heavy (non-hydrogen) atoms. The molecule has 1 heterocycles. The molecule has 2 nitrogen and oxygen atoms in total.